The number of nitrogens with zero attached hydrogens (tertiary/aromatic N) is 4. The normalized spacial score (nSPS) is 13.5. The average molecular weight is 457 g/mol. The lowest BCUT2D eigenvalue weighted by molar-refractivity contribution is 0.823. The van der Waals surface area contributed by atoms with Gasteiger partial charge in [-0.25, -0.2) is 0 Å². The van der Waals surface area contributed by atoms with Crippen LogP contribution in [0.4, 0.5) is 17.1 Å². The summed E-state index contributed by atoms with van der Waals surface area (Å²) in [4.78, 5) is 23.8. The molecule has 0 fully saturated rings. The van der Waals surface area contributed by atoms with Gasteiger partial charge < -0.3 is 20.5 Å². The Bertz CT molecular complexity index is 1350. The summed E-state index contributed by atoms with van der Waals surface area (Å²) < 4.78 is 0. The number of H-pyrrole nitrogens is 1. The molecule has 7 heteroatoms. The summed E-state index contributed by atoms with van der Waals surface area (Å²) in [6.07, 6.45) is 3.80. The molecule has 3 N–H and O–H groups in total. The summed E-state index contributed by atoms with van der Waals surface area (Å²) in [5.74, 6) is 0. The summed E-state index contributed by atoms with van der Waals surface area (Å²) >= 11 is 0. The Morgan fingerprint density at radius 1 is 1.21 bits per heavy atom. The van der Waals surface area contributed by atoms with Crippen LogP contribution in [0.2, 0.25) is 0 Å². The zero-order valence-electron chi connectivity index (χ0n) is 20.5. The lowest BCUT2D eigenvalue weighted by atomic mass is 9.97. The minimum absolute atomic E-state index is 0.0500. The van der Waals surface area contributed by atoms with Crippen molar-refractivity contribution >= 4 is 39.8 Å². The number of aromatic amines is 1. The number of allylic oxidation sites excluding steroid dienone is 1. The van der Waals surface area contributed by atoms with Crippen LogP contribution in [0.15, 0.2) is 52.4 Å². The van der Waals surface area contributed by atoms with E-state index in [2.05, 4.69) is 31.9 Å². The van der Waals surface area contributed by atoms with Gasteiger partial charge in [0.1, 0.15) is 0 Å². The van der Waals surface area contributed by atoms with E-state index in [0.29, 0.717) is 17.6 Å². The molecule has 2 aromatic carbocycles. The minimum atomic E-state index is -0.0500. The lowest BCUT2D eigenvalue weighted by Crippen LogP contribution is -2.36. The summed E-state index contributed by atoms with van der Waals surface area (Å²) in [6.45, 7) is 7.54. The fourth-order valence-electron chi connectivity index (χ4n) is 4.27. The van der Waals surface area contributed by atoms with Gasteiger partial charge in [-0.2, -0.15) is 5.26 Å². The van der Waals surface area contributed by atoms with Gasteiger partial charge in [0.2, 0.25) is 0 Å². The number of pyridine rings is 1. The summed E-state index contributed by atoms with van der Waals surface area (Å²) in [5, 5.41) is 10.9. The molecule has 34 heavy (non-hydrogen) atoms. The van der Waals surface area contributed by atoms with Gasteiger partial charge in [0.15, 0.2) is 0 Å². The second kappa shape index (κ2) is 10.7. The number of nitriles is 1. The molecule has 1 aromatic heterocycles. The molecule has 4 rings (SSSR count). The number of nitrogens with two attached hydrogens (primary N) is 1. The van der Waals surface area contributed by atoms with Crippen molar-refractivity contribution in [1.82, 2.24) is 4.98 Å². The van der Waals surface area contributed by atoms with Crippen LogP contribution in [0.5, 0.6) is 0 Å². The zero-order chi connectivity index (χ0) is 24.8. The molecule has 176 valence electrons. The predicted octanol–water partition coefficient (Wildman–Crippen LogP) is 4.58. The highest BCUT2D eigenvalue weighted by Gasteiger charge is 2.25. The number of hydrogen-bond donors (Lipinski definition) is 2. The lowest BCUT2D eigenvalue weighted by Gasteiger charge is -2.38. The van der Waals surface area contributed by atoms with Crippen molar-refractivity contribution in [3.05, 3.63) is 69.6 Å². The van der Waals surface area contributed by atoms with E-state index in [1.54, 1.807) is 13.3 Å². The van der Waals surface area contributed by atoms with Gasteiger partial charge in [-0.3, -0.25) is 9.79 Å². The Morgan fingerprint density at radius 2 is 1.97 bits per heavy atom. The number of nitrogens with one attached hydrogen (secondary N) is 1. The van der Waals surface area contributed by atoms with Crippen LogP contribution in [0.25, 0.3) is 16.5 Å². The number of anilines is 3. The molecule has 0 saturated heterocycles. The van der Waals surface area contributed by atoms with E-state index in [1.807, 2.05) is 58.2 Å². The van der Waals surface area contributed by atoms with Gasteiger partial charge in [-0.15, -0.1) is 0 Å². The first-order valence-electron chi connectivity index (χ1n) is 11.6. The number of rotatable bonds is 4. The minimum Gasteiger partial charge on any atom is -0.404 e. The van der Waals surface area contributed by atoms with Crippen LogP contribution >= 0.6 is 0 Å². The Balaban J connectivity index is 0.00000158. The second-order valence-electron chi connectivity index (χ2n) is 7.80. The molecule has 2 heterocycles. The maximum Gasteiger partial charge on any atom is 0.251 e. The van der Waals surface area contributed by atoms with Crippen molar-refractivity contribution < 1.29 is 0 Å². The van der Waals surface area contributed by atoms with E-state index in [1.165, 1.54) is 6.20 Å². The molecule has 0 atom stereocenters. The number of hydrogen-bond acceptors (Lipinski definition) is 6. The number of benzene rings is 2. The molecule has 0 radical (unpaired) electrons. The van der Waals surface area contributed by atoms with Crippen molar-refractivity contribution in [3.8, 4) is 6.07 Å². The Kier molecular flexibility index (Phi) is 7.75. The van der Waals surface area contributed by atoms with Crippen LogP contribution in [0.3, 0.4) is 0 Å². The Hall–Kier alpha value is -4.05. The topological polar surface area (TPSA) is 102 Å². The number of aliphatic imine (C=N–C) groups is 1. The highest BCUT2D eigenvalue weighted by Crippen LogP contribution is 2.42. The maximum absolute atomic E-state index is 12.3. The predicted molar refractivity (Wildman–Crippen MR) is 143 cm³/mol. The molecule has 7 nitrogen and oxygen atoms in total. The van der Waals surface area contributed by atoms with Crippen LogP contribution in [0.1, 0.15) is 37.5 Å². The third-order valence-corrected chi connectivity index (χ3v) is 5.97. The third-order valence-electron chi connectivity index (χ3n) is 5.97. The SMILES string of the molecule is CC.CCc1cc2c(N3CCN(C)c4cc(/C(C=NC)=C/N)c(C#N)cc43)cccc2[nH]c1=O. The van der Waals surface area contributed by atoms with Crippen LogP contribution in [0, 0.1) is 11.3 Å². The van der Waals surface area contributed by atoms with Gasteiger partial charge in [0, 0.05) is 61.7 Å². The molecule has 0 spiro atoms. The molecule has 0 saturated carbocycles. The van der Waals surface area contributed by atoms with E-state index < -0.39 is 0 Å². The standard InChI is InChI=1S/C25H26N6O.C2H6/c1-4-16-10-20-21(29-25(16)32)6-5-7-22(20)31-9-8-30(3)23-12-19(18(14-27)15-28-2)17(13-26)11-24(23)31;1-2/h5-7,10-12,14-15H,4,8-9,27H2,1-3H3,(H,29,32);1-2H3/b18-14+,28-15?;. The van der Waals surface area contributed by atoms with Gasteiger partial charge >= 0.3 is 0 Å². The Morgan fingerprint density at radius 3 is 2.62 bits per heavy atom. The van der Waals surface area contributed by atoms with E-state index in [9.17, 15) is 10.1 Å². The van der Waals surface area contributed by atoms with E-state index in [-0.39, 0.29) is 5.56 Å². The molecule has 0 bridgehead atoms. The Labute approximate surface area is 200 Å². The van der Waals surface area contributed by atoms with Crippen molar-refractivity contribution in [2.24, 2.45) is 10.7 Å². The summed E-state index contributed by atoms with van der Waals surface area (Å²) in [7, 11) is 3.72. The molecular weight excluding hydrogens is 424 g/mol. The van der Waals surface area contributed by atoms with Crippen molar-refractivity contribution in [1.29, 1.82) is 5.26 Å². The number of aromatic nitrogens is 1. The van der Waals surface area contributed by atoms with E-state index in [4.69, 9.17) is 5.73 Å². The van der Waals surface area contributed by atoms with Gasteiger partial charge in [0.05, 0.1) is 34.2 Å². The van der Waals surface area contributed by atoms with Crippen molar-refractivity contribution in [2.45, 2.75) is 27.2 Å². The zero-order valence-corrected chi connectivity index (χ0v) is 20.5. The highest BCUT2D eigenvalue weighted by molar-refractivity contribution is 6.11. The van der Waals surface area contributed by atoms with Crippen LogP contribution in [-0.2, 0) is 6.42 Å². The van der Waals surface area contributed by atoms with Crippen molar-refractivity contribution in [3.63, 3.8) is 0 Å². The molecular formula is C27H32N6O. The number of aryl methyl sites for hydroxylation is 1. The van der Waals surface area contributed by atoms with Gasteiger partial charge in [0.25, 0.3) is 5.56 Å². The van der Waals surface area contributed by atoms with Crippen LogP contribution in [-0.4, -0.2) is 38.4 Å². The third kappa shape index (κ3) is 4.40. The maximum atomic E-state index is 12.3. The van der Waals surface area contributed by atoms with Gasteiger partial charge in [-0.05, 0) is 36.8 Å². The molecule has 3 aromatic rings. The van der Waals surface area contributed by atoms with Gasteiger partial charge in [-0.1, -0.05) is 26.8 Å². The monoisotopic (exact) mass is 456 g/mol. The average Bonchev–Trinajstić information content (AvgIpc) is 2.87. The summed E-state index contributed by atoms with van der Waals surface area (Å²) in [6, 6.07) is 14.1. The van der Waals surface area contributed by atoms with Crippen molar-refractivity contribution in [2.75, 3.05) is 37.0 Å². The first-order chi connectivity index (χ1) is 16.5. The van der Waals surface area contributed by atoms with E-state index in [0.717, 1.165) is 52.2 Å². The smallest absolute Gasteiger partial charge is 0.251 e. The fraction of sp³-hybridized carbons (Fsp3) is 0.296. The first kappa shape index (κ1) is 24.6. The molecule has 0 aliphatic carbocycles. The fourth-order valence-corrected chi connectivity index (χ4v) is 4.27. The largest absolute Gasteiger partial charge is 0.404 e. The second-order valence-corrected chi connectivity index (χ2v) is 7.80. The molecule has 0 amide bonds. The molecule has 1 aliphatic heterocycles. The number of likely N-dealkylation sites (N-methyl/N-ethyl adjacent to an activating group) is 1. The molecule has 0 unspecified atom stereocenters. The highest BCUT2D eigenvalue weighted by atomic mass is 16.1. The quantitative estimate of drug-likeness (QED) is 0.560. The van der Waals surface area contributed by atoms with E-state index >= 15 is 0 Å². The number of fused-ring (bicyclic) bond motifs is 2. The van der Waals surface area contributed by atoms with Crippen LogP contribution < -0.4 is 21.1 Å². The molecule has 1 aliphatic rings. The summed E-state index contributed by atoms with van der Waals surface area (Å²) in [5.41, 5.74) is 12.3. The first-order valence-corrected chi connectivity index (χ1v) is 11.6.